The van der Waals surface area contributed by atoms with Crippen molar-refractivity contribution in [1.82, 2.24) is 19.7 Å². The van der Waals surface area contributed by atoms with Crippen molar-refractivity contribution in [3.63, 3.8) is 0 Å². The monoisotopic (exact) mass is 332 g/mol. The zero-order chi connectivity index (χ0) is 17.7. The number of nitrogens with zero attached hydrogens (tertiary/aromatic N) is 3. The van der Waals surface area contributed by atoms with Gasteiger partial charge in [0.05, 0.1) is 17.8 Å². The number of aromatic nitrogens is 3. The maximum absolute atomic E-state index is 12.5. The molecule has 1 aromatic carbocycles. The quantitative estimate of drug-likeness (QED) is 0.793. The molecule has 2 aromatic rings. The number of aliphatic hydroxyl groups is 1. The van der Waals surface area contributed by atoms with Crippen LogP contribution in [-0.4, -0.2) is 38.5 Å². The maximum Gasteiger partial charge on any atom is 0.350 e. The molecule has 1 heterocycles. The molecule has 0 aliphatic carbocycles. The normalized spacial score (nSPS) is 13.5. The van der Waals surface area contributed by atoms with Crippen LogP contribution in [0.3, 0.4) is 0 Å². The fourth-order valence-electron chi connectivity index (χ4n) is 2.65. The Balaban J connectivity index is 2.19. The second-order valence-corrected chi connectivity index (χ2v) is 5.78. The highest BCUT2D eigenvalue weighted by molar-refractivity contribution is 5.75. The molecule has 1 amide bonds. The van der Waals surface area contributed by atoms with Gasteiger partial charge in [-0.05, 0) is 37.5 Å². The summed E-state index contributed by atoms with van der Waals surface area (Å²) in [5.41, 5.74) is 1.45. The van der Waals surface area contributed by atoms with Crippen LogP contribution in [0.4, 0.5) is 0 Å². The summed E-state index contributed by atoms with van der Waals surface area (Å²) in [5, 5.41) is 16.5. The van der Waals surface area contributed by atoms with Crippen molar-refractivity contribution in [3.8, 4) is 5.69 Å². The third kappa shape index (κ3) is 3.91. The van der Waals surface area contributed by atoms with Crippen LogP contribution in [0.25, 0.3) is 5.69 Å². The van der Waals surface area contributed by atoms with Crippen molar-refractivity contribution in [2.24, 2.45) is 0 Å². The molecule has 2 N–H and O–H groups in total. The molecule has 0 bridgehead atoms. The summed E-state index contributed by atoms with van der Waals surface area (Å²) in [5.74, 6) is 0.000281. The van der Waals surface area contributed by atoms with E-state index >= 15 is 0 Å². The first-order valence-electron chi connectivity index (χ1n) is 8.12. The highest BCUT2D eigenvalue weighted by Crippen LogP contribution is 2.14. The standard InChI is InChI=1S/C17H24N4O3/c1-4-15(12(2)22)21-17(24)20(11-19-21)14-8-5-13(6-9-14)7-10-16(23)18-3/h5-6,8-9,11-12,15,22H,4,7,10H2,1-3H3,(H,18,23)/t12-,15-/m0/s1. The van der Waals surface area contributed by atoms with Gasteiger partial charge in [-0.15, -0.1) is 0 Å². The van der Waals surface area contributed by atoms with Gasteiger partial charge in [0.25, 0.3) is 0 Å². The first-order valence-corrected chi connectivity index (χ1v) is 8.12. The predicted octanol–water partition coefficient (Wildman–Crippen LogP) is 1.04. The van der Waals surface area contributed by atoms with Gasteiger partial charge >= 0.3 is 5.69 Å². The minimum absolute atomic E-state index is 0.000281. The molecule has 7 nitrogen and oxygen atoms in total. The Hall–Kier alpha value is -2.41. The molecule has 1 aromatic heterocycles. The molecule has 24 heavy (non-hydrogen) atoms. The van der Waals surface area contributed by atoms with Crippen LogP contribution in [0.15, 0.2) is 35.4 Å². The molecule has 0 aliphatic heterocycles. The number of hydrogen-bond acceptors (Lipinski definition) is 4. The number of hydrogen-bond donors (Lipinski definition) is 2. The van der Waals surface area contributed by atoms with Gasteiger partial charge in [0, 0.05) is 13.5 Å². The summed E-state index contributed by atoms with van der Waals surface area (Å²) in [4.78, 5) is 23.8. The van der Waals surface area contributed by atoms with Gasteiger partial charge in [-0.25, -0.2) is 14.0 Å². The van der Waals surface area contributed by atoms with E-state index in [1.807, 2.05) is 31.2 Å². The molecule has 2 rings (SSSR count). The number of aliphatic hydroxyl groups excluding tert-OH is 1. The van der Waals surface area contributed by atoms with Gasteiger partial charge in [0.15, 0.2) is 0 Å². The number of amides is 1. The number of rotatable bonds is 7. The van der Waals surface area contributed by atoms with E-state index in [2.05, 4.69) is 10.4 Å². The maximum atomic E-state index is 12.5. The minimum atomic E-state index is -0.650. The predicted molar refractivity (Wildman–Crippen MR) is 91.2 cm³/mol. The van der Waals surface area contributed by atoms with Crippen molar-refractivity contribution in [2.75, 3.05) is 7.05 Å². The number of benzene rings is 1. The Kier molecular flexibility index (Phi) is 5.92. The number of carbonyl (C=O) groups excluding carboxylic acids is 1. The minimum Gasteiger partial charge on any atom is -0.391 e. The van der Waals surface area contributed by atoms with E-state index in [-0.39, 0.29) is 17.6 Å². The van der Waals surface area contributed by atoms with Crippen LogP contribution in [-0.2, 0) is 11.2 Å². The Morgan fingerprint density at radius 1 is 1.33 bits per heavy atom. The van der Waals surface area contributed by atoms with Gasteiger partial charge in [-0.2, -0.15) is 5.10 Å². The zero-order valence-corrected chi connectivity index (χ0v) is 14.3. The number of carbonyl (C=O) groups is 1. The van der Waals surface area contributed by atoms with Gasteiger partial charge in [0.1, 0.15) is 6.33 Å². The molecule has 0 saturated carbocycles. The molecule has 0 fully saturated rings. The third-order valence-corrected chi connectivity index (χ3v) is 4.12. The second kappa shape index (κ2) is 7.92. The summed E-state index contributed by atoms with van der Waals surface area (Å²) in [6.45, 7) is 3.56. The van der Waals surface area contributed by atoms with E-state index in [1.165, 1.54) is 15.6 Å². The lowest BCUT2D eigenvalue weighted by atomic mass is 10.1. The van der Waals surface area contributed by atoms with E-state index in [4.69, 9.17) is 0 Å². The zero-order valence-electron chi connectivity index (χ0n) is 14.3. The summed E-state index contributed by atoms with van der Waals surface area (Å²) in [6, 6.07) is 7.11. The van der Waals surface area contributed by atoms with Crippen molar-refractivity contribution in [1.29, 1.82) is 0 Å². The molecule has 0 unspecified atom stereocenters. The van der Waals surface area contributed by atoms with E-state index in [0.29, 0.717) is 24.9 Å². The smallest absolute Gasteiger partial charge is 0.350 e. The Morgan fingerprint density at radius 3 is 2.54 bits per heavy atom. The largest absolute Gasteiger partial charge is 0.391 e. The molecule has 130 valence electrons. The van der Waals surface area contributed by atoms with E-state index in [0.717, 1.165) is 5.56 Å². The van der Waals surface area contributed by atoms with Crippen LogP contribution in [0, 0.1) is 0 Å². The van der Waals surface area contributed by atoms with Crippen molar-refractivity contribution >= 4 is 5.91 Å². The summed E-state index contributed by atoms with van der Waals surface area (Å²) in [6.07, 6.45) is 2.51. The lowest BCUT2D eigenvalue weighted by Crippen LogP contribution is -2.32. The fraction of sp³-hybridized carbons (Fsp3) is 0.471. The summed E-state index contributed by atoms with van der Waals surface area (Å²) < 4.78 is 2.78. The lowest BCUT2D eigenvalue weighted by Gasteiger charge is -2.16. The van der Waals surface area contributed by atoms with Crippen molar-refractivity contribution in [3.05, 3.63) is 46.6 Å². The van der Waals surface area contributed by atoms with E-state index in [9.17, 15) is 14.7 Å². The molecule has 2 atom stereocenters. The van der Waals surface area contributed by atoms with E-state index in [1.54, 1.807) is 14.0 Å². The Morgan fingerprint density at radius 2 is 2.00 bits per heavy atom. The Bertz CT molecular complexity index is 731. The van der Waals surface area contributed by atoms with Gasteiger partial charge in [-0.1, -0.05) is 19.1 Å². The molecular formula is C17H24N4O3. The average molecular weight is 332 g/mol. The topological polar surface area (TPSA) is 89.2 Å². The lowest BCUT2D eigenvalue weighted by molar-refractivity contribution is -0.120. The van der Waals surface area contributed by atoms with Crippen LogP contribution in [0.1, 0.15) is 38.3 Å². The molecular weight excluding hydrogens is 308 g/mol. The van der Waals surface area contributed by atoms with E-state index < -0.39 is 6.10 Å². The summed E-state index contributed by atoms with van der Waals surface area (Å²) in [7, 11) is 1.62. The second-order valence-electron chi connectivity index (χ2n) is 5.78. The van der Waals surface area contributed by atoms with Crippen LogP contribution in [0.2, 0.25) is 0 Å². The first-order chi connectivity index (χ1) is 11.5. The SMILES string of the molecule is CC[C@@H]([C@H](C)O)n1ncn(-c2ccc(CCC(=O)NC)cc2)c1=O. The molecule has 0 aliphatic rings. The first kappa shape index (κ1) is 17.9. The molecule has 7 heteroatoms. The van der Waals surface area contributed by atoms with Crippen LogP contribution in [0.5, 0.6) is 0 Å². The van der Waals surface area contributed by atoms with Gasteiger partial charge in [0.2, 0.25) is 5.91 Å². The van der Waals surface area contributed by atoms with Gasteiger partial charge < -0.3 is 10.4 Å². The van der Waals surface area contributed by atoms with Crippen molar-refractivity contribution in [2.45, 2.75) is 45.3 Å². The molecule has 0 spiro atoms. The van der Waals surface area contributed by atoms with Crippen LogP contribution >= 0.6 is 0 Å². The molecule has 0 radical (unpaired) electrons. The Labute approximate surface area is 140 Å². The fourth-order valence-corrected chi connectivity index (χ4v) is 2.65. The molecule has 0 saturated heterocycles. The van der Waals surface area contributed by atoms with Gasteiger partial charge in [-0.3, -0.25) is 4.79 Å². The number of nitrogens with one attached hydrogen (secondary N) is 1. The number of aryl methyl sites for hydroxylation is 1. The highest BCUT2D eigenvalue weighted by Gasteiger charge is 2.19. The van der Waals surface area contributed by atoms with Crippen LogP contribution < -0.4 is 11.0 Å². The van der Waals surface area contributed by atoms with Crippen molar-refractivity contribution < 1.29 is 9.90 Å². The third-order valence-electron chi connectivity index (χ3n) is 4.12. The summed E-state index contributed by atoms with van der Waals surface area (Å²) >= 11 is 0. The average Bonchev–Trinajstić information content (AvgIpc) is 2.95. The highest BCUT2D eigenvalue weighted by atomic mass is 16.3.